The van der Waals surface area contributed by atoms with Crippen LogP contribution in [-0.2, 0) is 22.6 Å². The Kier molecular flexibility index (Phi) is 11.0. The largest absolute Gasteiger partial charge is 0.550 e. The number of carbonyl (C=O) groups excluding carboxylic acids is 1. The molecule has 0 aliphatic carbocycles. The fourth-order valence-corrected chi connectivity index (χ4v) is 3.35. The lowest BCUT2D eigenvalue weighted by Gasteiger charge is -2.18. The monoisotopic (exact) mass is 471 g/mol. The van der Waals surface area contributed by atoms with Gasteiger partial charge >= 0.3 is 0 Å². The number of aromatic nitrogens is 2. The van der Waals surface area contributed by atoms with E-state index in [0.717, 1.165) is 42.0 Å². The number of aliphatic carboxylic acids is 1. The van der Waals surface area contributed by atoms with Crippen molar-refractivity contribution in [2.75, 3.05) is 25.6 Å². The van der Waals surface area contributed by atoms with Crippen molar-refractivity contribution in [1.82, 2.24) is 4.57 Å². The summed E-state index contributed by atoms with van der Waals surface area (Å²) in [6, 6.07) is 15.7. The number of para-hydroxylation sites is 2. The SMILES string of the molecule is C=CCOC(C[n+]1ccn(CCNc2ccccc2Cl)c1)c1ccccc1OC.CC(=O)[O-]. The molecule has 0 saturated heterocycles. The zero-order valence-electron chi connectivity index (χ0n) is 18.9. The van der Waals surface area contributed by atoms with Crippen LogP contribution in [0.15, 0.2) is 79.9 Å². The second-order valence-electron chi connectivity index (χ2n) is 7.10. The zero-order chi connectivity index (χ0) is 24.1. The first kappa shape index (κ1) is 26.0. The maximum atomic E-state index is 8.89. The third-order valence-corrected chi connectivity index (χ3v) is 4.91. The van der Waals surface area contributed by atoms with Crippen LogP contribution in [0.2, 0.25) is 5.02 Å². The van der Waals surface area contributed by atoms with E-state index in [4.69, 9.17) is 31.0 Å². The number of imidazole rings is 1. The van der Waals surface area contributed by atoms with Crippen LogP contribution >= 0.6 is 11.6 Å². The van der Waals surface area contributed by atoms with Crippen molar-refractivity contribution in [2.24, 2.45) is 0 Å². The third-order valence-electron chi connectivity index (χ3n) is 4.58. The number of anilines is 1. The van der Waals surface area contributed by atoms with Crippen molar-refractivity contribution >= 4 is 23.3 Å². The average molecular weight is 472 g/mol. The first-order chi connectivity index (χ1) is 15.9. The van der Waals surface area contributed by atoms with Gasteiger partial charge in [0.15, 0.2) is 0 Å². The summed E-state index contributed by atoms with van der Waals surface area (Å²) < 4.78 is 15.8. The Labute approximate surface area is 199 Å². The molecule has 0 aliphatic heterocycles. The lowest BCUT2D eigenvalue weighted by Crippen LogP contribution is -2.35. The molecule has 0 saturated carbocycles. The van der Waals surface area contributed by atoms with E-state index in [1.807, 2.05) is 48.5 Å². The minimum absolute atomic E-state index is 0.133. The fraction of sp³-hybridized carbons (Fsp3) is 0.280. The molecule has 1 aromatic heterocycles. The van der Waals surface area contributed by atoms with Gasteiger partial charge in [0, 0.05) is 11.5 Å². The summed E-state index contributed by atoms with van der Waals surface area (Å²) in [6.45, 7) is 7.49. The second-order valence-corrected chi connectivity index (χ2v) is 7.51. The molecule has 0 aliphatic rings. The summed E-state index contributed by atoms with van der Waals surface area (Å²) in [6.07, 6.45) is 7.81. The number of nitrogens with zero attached hydrogens (tertiary/aromatic N) is 2. The average Bonchev–Trinajstić information content (AvgIpc) is 3.25. The molecule has 8 heteroatoms. The standard InChI is InChI=1S/C23H27ClN3O2.C2H4O2/c1-3-16-29-23(19-8-4-7-11-22(19)28-2)17-27-15-14-26(18-27)13-12-25-21-10-6-5-9-20(21)24;1-2(3)4/h3-11,14-15,18,23,25H,1,12-13,16-17H2,2H3;1H3,(H,3,4)/q+1;/p-1. The van der Waals surface area contributed by atoms with Crippen molar-refractivity contribution in [3.8, 4) is 5.75 Å². The predicted octanol–water partition coefficient (Wildman–Crippen LogP) is 3.25. The Morgan fingerprint density at radius 2 is 1.97 bits per heavy atom. The maximum Gasteiger partial charge on any atom is 0.243 e. The normalized spacial score (nSPS) is 11.1. The van der Waals surface area contributed by atoms with Crippen LogP contribution < -0.4 is 19.7 Å². The smallest absolute Gasteiger partial charge is 0.243 e. The van der Waals surface area contributed by atoms with Gasteiger partial charge in [-0.3, -0.25) is 0 Å². The van der Waals surface area contributed by atoms with Gasteiger partial charge in [-0.1, -0.05) is 48.0 Å². The van der Waals surface area contributed by atoms with Crippen molar-refractivity contribution in [3.05, 3.63) is 90.5 Å². The Bertz CT molecular complexity index is 1020. The van der Waals surface area contributed by atoms with Crippen molar-refractivity contribution in [3.63, 3.8) is 0 Å². The van der Waals surface area contributed by atoms with E-state index in [0.29, 0.717) is 13.2 Å². The molecule has 3 aromatic rings. The fourth-order valence-electron chi connectivity index (χ4n) is 3.15. The Balaban J connectivity index is 0.000000890. The lowest BCUT2D eigenvalue weighted by atomic mass is 10.1. The van der Waals surface area contributed by atoms with Gasteiger partial charge < -0.3 is 24.7 Å². The molecule has 2 aromatic carbocycles. The number of carbonyl (C=O) groups is 1. The number of nitrogens with one attached hydrogen (secondary N) is 1. The van der Waals surface area contributed by atoms with Crippen LogP contribution in [0.1, 0.15) is 18.6 Å². The summed E-state index contributed by atoms with van der Waals surface area (Å²) in [7, 11) is 1.68. The molecule has 3 rings (SSSR count). The van der Waals surface area contributed by atoms with Gasteiger partial charge in [0.25, 0.3) is 0 Å². The van der Waals surface area contributed by atoms with Gasteiger partial charge in [0.2, 0.25) is 6.33 Å². The first-order valence-electron chi connectivity index (χ1n) is 10.5. The number of methoxy groups -OCH3 is 1. The van der Waals surface area contributed by atoms with Crippen LogP contribution in [0.4, 0.5) is 5.69 Å². The molecule has 176 valence electrons. The molecule has 1 heterocycles. The minimum atomic E-state index is -1.08. The van der Waals surface area contributed by atoms with Gasteiger partial charge in [0.1, 0.15) is 37.3 Å². The minimum Gasteiger partial charge on any atom is -0.550 e. The number of ether oxygens (including phenoxy) is 2. The topological polar surface area (TPSA) is 79.4 Å². The van der Waals surface area contributed by atoms with Gasteiger partial charge in [-0.2, -0.15) is 0 Å². The van der Waals surface area contributed by atoms with Gasteiger partial charge in [-0.25, -0.2) is 9.13 Å². The van der Waals surface area contributed by atoms with Crippen molar-refractivity contribution in [2.45, 2.75) is 26.1 Å². The summed E-state index contributed by atoms with van der Waals surface area (Å²) >= 11 is 6.19. The highest BCUT2D eigenvalue weighted by atomic mass is 35.5. The molecule has 1 atom stereocenters. The summed E-state index contributed by atoms with van der Waals surface area (Å²) in [5.74, 6) is -0.259. The lowest BCUT2D eigenvalue weighted by molar-refractivity contribution is -0.704. The third kappa shape index (κ3) is 9.00. The molecule has 1 unspecified atom stereocenters. The second kappa shape index (κ2) is 14.0. The zero-order valence-corrected chi connectivity index (χ0v) is 19.7. The molecular formula is C25H30ClN3O4. The van der Waals surface area contributed by atoms with Crippen molar-refractivity contribution < 1.29 is 23.9 Å². The molecule has 7 nitrogen and oxygen atoms in total. The first-order valence-corrected chi connectivity index (χ1v) is 10.9. The Hall–Kier alpha value is -3.29. The van der Waals surface area contributed by atoms with Crippen molar-refractivity contribution in [1.29, 1.82) is 0 Å². The number of carboxylic acids is 1. The van der Waals surface area contributed by atoms with E-state index in [9.17, 15) is 0 Å². The molecule has 1 N–H and O–H groups in total. The van der Waals surface area contributed by atoms with Gasteiger partial charge in [-0.15, -0.1) is 6.58 Å². The highest BCUT2D eigenvalue weighted by Crippen LogP contribution is 2.27. The van der Waals surface area contributed by atoms with Crippen LogP contribution in [0, 0.1) is 0 Å². The molecular weight excluding hydrogens is 442 g/mol. The van der Waals surface area contributed by atoms with Gasteiger partial charge in [-0.05, 0) is 25.1 Å². The highest BCUT2D eigenvalue weighted by molar-refractivity contribution is 6.33. The van der Waals surface area contributed by atoms with Crippen LogP contribution in [-0.4, -0.2) is 30.8 Å². The van der Waals surface area contributed by atoms with E-state index in [1.165, 1.54) is 0 Å². The maximum absolute atomic E-state index is 8.89. The molecule has 0 fully saturated rings. The quantitative estimate of drug-likeness (QED) is 0.343. The van der Waals surface area contributed by atoms with Crippen LogP contribution in [0.5, 0.6) is 5.75 Å². The van der Waals surface area contributed by atoms with E-state index >= 15 is 0 Å². The highest BCUT2D eigenvalue weighted by Gasteiger charge is 2.20. The Morgan fingerprint density at radius 3 is 2.67 bits per heavy atom. The van der Waals surface area contributed by atoms with Gasteiger partial charge in [0.05, 0.1) is 31.0 Å². The van der Waals surface area contributed by atoms with Crippen LogP contribution in [0.25, 0.3) is 0 Å². The Morgan fingerprint density at radius 1 is 1.27 bits per heavy atom. The van der Waals surface area contributed by atoms with E-state index in [1.54, 1.807) is 13.2 Å². The molecule has 0 spiro atoms. The number of hydrogen-bond donors (Lipinski definition) is 1. The number of halogens is 1. The van der Waals surface area contributed by atoms with E-state index < -0.39 is 5.97 Å². The molecule has 0 bridgehead atoms. The number of carboxylic acid groups (broad SMARTS) is 1. The summed E-state index contributed by atoms with van der Waals surface area (Å²) in [5, 5.41) is 13.0. The van der Waals surface area contributed by atoms with E-state index in [-0.39, 0.29) is 6.10 Å². The molecule has 33 heavy (non-hydrogen) atoms. The van der Waals surface area contributed by atoms with Crippen LogP contribution in [0.3, 0.4) is 0 Å². The molecule has 0 amide bonds. The van der Waals surface area contributed by atoms with E-state index in [2.05, 4.69) is 39.8 Å². The summed E-state index contributed by atoms with van der Waals surface area (Å²) in [4.78, 5) is 8.89. The molecule has 0 radical (unpaired) electrons. The summed E-state index contributed by atoms with van der Waals surface area (Å²) in [5.41, 5.74) is 1.97. The number of hydrogen-bond acceptors (Lipinski definition) is 5. The number of benzene rings is 2. The number of rotatable bonds is 11. The predicted molar refractivity (Wildman–Crippen MR) is 127 cm³/mol.